The van der Waals surface area contributed by atoms with E-state index in [1.165, 1.54) is 180 Å². The molecule has 3 aliphatic carbocycles. The first-order chi connectivity index (χ1) is 73.3. The summed E-state index contributed by atoms with van der Waals surface area (Å²) in [5, 5.41) is 29.5. The van der Waals surface area contributed by atoms with Gasteiger partial charge in [-0.1, -0.05) is 474 Å². The van der Waals surface area contributed by atoms with Gasteiger partial charge < -0.3 is 0 Å². The van der Waals surface area contributed by atoms with Crippen LogP contribution >= 0.6 is 0 Å². The molecule has 0 saturated carbocycles. The Labute approximate surface area is 869 Å². The summed E-state index contributed by atoms with van der Waals surface area (Å²) >= 11 is 0. The molecule has 24 aromatic carbocycles. The number of nitrogens with zero attached hydrogens (tertiary/aromatic N) is 9. The molecular formula is C141H99N9. The van der Waals surface area contributed by atoms with Gasteiger partial charge in [-0.3, -0.25) is 0 Å². The van der Waals surface area contributed by atoms with Crippen molar-refractivity contribution in [2.75, 3.05) is 0 Å². The third kappa shape index (κ3) is 14.4. The molecule has 0 N–H and O–H groups in total. The summed E-state index contributed by atoms with van der Waals surface area (Å²) in [4.78, 5) is 46.4. The van der Waals surface area contributed by atoms with Crippen molar-refractivity contribution in [1.82, 2.24) is 44.9 Å². The van der Waals surface area contributed by atoms with E-state index >= 15 is 0 Å². The van der Waals surface area contributed by atoms with Crippen molar-refractivity contribution >= 4 is 129 Å². The summed E-state index contributed by atoms with van der Waals surface area (Å²) in [6.07, 6.45) is 0. The SMILES string of the molecule is CC1(C)c2ccccc2-c2ccc(-c3nc(-c4ccccc4)nc(-c4cc5ccccc5c5c4ccc4c6ccccc6ccc45)n3)cc2C1(C)C.CC1(C)c2ccccc2-c2ccc(-c3nc(-c4ccccc4)nc(-c4ccc5c(ccc6ccc7c8ccccc8ccc7c65)c4)n3)cc21.CC1(C)c2ccccc2-c2ccc(-c3nc(-c4ccccc4)nc(-c4ccc5ccc6ccc7c8ccccc8ccc7c6c5c4)n3)cc21. The number of aromatic nitrogens is 9. The van der Waals surface area contributed by atoms with Crippen LogP contribution in [-0.4, -0.2) is 44.9 Å². The Kier molecular flexibility index (Phi) is 20.5. The smallest absolute Gasteiger partial charge is 0.164 e. The molecular weight excluding hydrogens is 1820 g/mol. The molecule has 0 bridgehead atoms. The van der Waals surface area contributed by atoms with E-state index in [0.717, 1.165) is 66.2 Å². The maximum atomic E-state index is 5.34. The van der Waals surface area contributed by atoms with Crippen molar-refractivity contribution in [3.05, 3.63) is 488 Å². The van der Waals surface area contributed by atoms with Crippen molar-refractivity contribution in [1.29, 1.82) is 0 Å². The van der Waals surface area contributed by atoms with Gasteiger partial charge in [0.25, 0.3) is 0 Å². The molecule has 0 aliphatic heterocycles. The fraction of sp³-hybridized carbons (Fsp3) is 0.0851. The molecule has 0 fully saturated rings. The van der Waals surface area contributed by atoms with Gasteiger partial charge in [0.15, 0.2) is 52.4 Å². The molecule has 3 aliphatic rings. The summed E-state index contributed by atoms with van der Waals surface area (Å²) in [5.41, 5.74) is 24.1. The number of fused-ring (bicyclic) bond motifs is 30. The zero-order chi connectivity index (χ0) is 101. The Balaban J connectivity index is 0.000000108. The van der Waals surface area contributed by atoms with Crippen LogP contribution in [0.15, 0.2) is 455 Å². The molecule has 708 valence electrons. The Bertz CT molecular complexity index is 10400. The lowest BCUT2D eigenvalue weighted by Gasteiger charge is -2.48. The maximum Gasteiger partial charge on any atom is 0.164 e. The highest BCUT2D eigenvalue weighted by Gasteiger charge is 2.46. The third-order valence-corrected chi connectivity index (χ3v) is 33.0. The second-order valence-corrected chi connectivity index (χ2v) is 42.5. The highest BCUT2D eigenvalue weighted by atomic mass is 15.1. The Morgan fingerprint density at radius 1 is 0.127 bits per heavy atom. The first-order valence-corrected chi connectivity index (χ1v) is 51.9. The lowest BCUT2D eigenvalue weighted by Crippen LogP contribution is -2.43. The molecule has 150 heavy (non-hydrogen) atoms. The first kappa shape index (κ1) is 89.1. The number of hydrogen-bond donors (Lipinski definition) is 0. The normalized spacial score (nSPS) is 13.7. The van der Waals surface area contributed by atoms with Gasteiger partial charge in [0.1, 0.15) is 0 Å². The minimum atomic E-state index is -0.134. The second kappa shape index (κ2) is 34.6. The van der Waals surface area contributed by atoms with E-state index in [0.29, 0.717) is 52.4 Å². The molecule has 0 radical (unpaired) electrons. The molecule has 0 saturated heterocycles. The lowest BCUT2D eigenvalue weighted by molar-refractivity contribution is 0.299. The van der Waals surface area contributed by atoms with Gasteiger partial charge in [-0.05, 0) is 243 Å². The molecule has 0 atom stereocenters. The number of benzene rings is 24. The molecule has 3 aromatic heterocycles. The maximum absolute atomic E-state index is 5.34. The fourth-order valence-corrected chi connectivity index (χ4v) is 24.5. The molecule has 0 amide bonds. The van der Waals surface area contributed by atoms with Crippen LogP contribution in [0.1, 0.15) is 88.8 Å². The van der Waals surface area contributed by atoms with E-state index in [2.05, 4.69) is 456 Å². The van der Waals surface area contributed by atoms with Crippen LogP contribution < -0.4 is 0 Å². The fourth-order valence-electron chi connectivity index (χ4n) is 24.5. The van der Waals surface area contributed by atoms with E-state index in [9.17, 15) is 0 Å². The van der Waals surface area contributed by atoms with Crippen LogP contribution in [-0.2, 0) is 21.7 Å². The summed E-state index contributed by atoms with van der Waals surface area (Å²) in [6, 6.07) is 163. The highest BCUT2D eigenvalue weighted by Crippen LogP contribution is 2.57. The van der Waals surface area contributed by atoms with Gasteiger partial charge >= 0.3 is 0 Å². The summed E-state index contributed by atoms with van der Waals surface area (Å²) in [6.45, 7) is 18.7. The van der Waals surface area contributed by atoms with Crippen LogP contribution in [0.2, 0.25) is 0 Å². The van der Waals surface area contributed by atoms with Crippen molar-refractivity contribution in [3.8, 4) is 136 Å². The quantitative estimate of drug-likeness (QED) is 0.130. The monoisotopic (exact) mass is 1920 g/mol. The number of rotatable bonds is 9. The van der Waals surface area contributed by atoms with E-state index in [1.54, 1.807) is 0 Å². The van der Waals surface area contributed by atoms with Gasteiger partial charge in [-0.15, -0.1) is 0 Å². The molecule has 9 nitrogen and oxygen atoms in total. The van der Waals surface area contributed by atoms with Crippen LogP contribution in [0.25, 0.3) is 265 Å². The van der Waals surface area contributed by atoms with Crippen molar-refractivity contribution in [2.45, 2.75) is 77.0 Å². The zero-order valence-corrected chi connectivity index (χ0v) is 84.3. The van der Waals surface area contributed by atoms with E-state index < -0.39 is 0 Å². The van der Waals surface area contributed by atoms with E-state index in [-0.39, 0.29) is 21.7 Å². The Morgan fingerprint density at radius 2 is 0.387 bits per heavy atom. The molecule has 9 heteroatoms. The largest absolute Gasteiger partial charge is 0.208 e. The molecule has 0 unspecified atom stereocenters. The zero-order valence-electron chi connectivity index (χ0n) is 84.3. The van der Waals surface area contributed by atoms with Gasteiger partial charge in [0.2, 0.25) is 0 Å². The summed E-state index contributed by atoms with van der Waals surface area (Å²) in [5.74, 6) is 6.02. The minimum Gasteiger partial charge on any atom is -0.208 e. The topological polar surface area (TPSA) is 116 Å². The van der Waals surface area contributed by atoms with Crippen LogP contribution in [0.4, 0.5) is 0 Å². The van der Waals surface area contributed by atoms with E-state index in [4.69, 9.17) is 44.9 Å². The minimum absolute atomic E-state index is 0.0766. The highest BCUT2D eigenvalue weighted by molar-refractivity contribution is 6.29. The average Bonchev–Trinajstić information content (AvgIpc) is 1.29. The summed E-state index contributed by atoms with van der Waals surface area (Å²) in [7, 11) is 0. The average molecular weight is 1920 g/mol. The van der Waals surface area contributed by atoms with E-state index in [1.807, 2.05) is 54.6 Å². The molecule has 27 aromatic rings. The predicted octanol–water partition coefficient (Wildman–Crippen LogP) is 36.3. The van der Waals surface area contributed by atoms with Crippen molar-refractivity contribution in [2.24, 2.45) is 0 Å². The van der Waals surface area contributed by atoms with Crippen LogP contribution in [0, 0.1) is 0 Å². The third-order valence-electron chi connectivity index (χ3n) is 33.0. The predicted molar refractivity (Wildman–Crippen MR) is 625 cm³/mol. The first-order valence-electron chi connectivity index (χ1n) is 51.9. The standard InChI is InChI=1S/C49H37N3.2C46H31N3/c1-48(2)42-21-13-12-20-37(42)38-24-23-33(29-43(38)49(48,3)4)46-50-45(31-15-6-5-7-16-31)51-47(52-46)41-28-32-17-9-11-19-35(32)44-39-25-22-30-14-8-10-18-34(30)36(39)26-27-40(41)44;1-46(2)40-15-9-8-14-36(40)37-24-22-33(27-41(37)46)45-48-43(31-11-4-3-5-12-31)47-44(49-45)32-19-17-29-16-18-30-21-23-35-34-13-7-6-10-28(34)20-25-38(35)42(30)39(29)26-32;1-46(2)40-15-9-8-14-37(40)38-24-21-33(27-41(38)46)45-48-43(30-11-4-3-5-12-30)47-44(49-45)32-20-22-35-31(26-32)17-16-29-19-23-36-34-13-7-6-10-28(34)18-25-39(36)42(29)35/h5-29H,1-4H3;2*3-27H,1-2H3. The van der Waals surface area contributed by atoms with Crippen molar-refractivity contribution < 1.29 is 0 Å². The van der Waals surface area contributed by atoms with Gasteiger partial charge in [0, 0.05) is 60.9 Å². The van der Waals surface area contributed by atoms with Gasteiger partial charge in [-0.25, -0.2) is 44.9 Å². The Morgan fingerprint density at radius 3 is 0.860 bits per heavy atom. The lowest BCUT2D eigenvalue weighted by atomic mass is 9.55. The Hall–Kier alpha value is -18.6. The van der Waals surface area contributed by atoms with Gasteiger partial charge in [-0.2, -0.15) is 0 Å². The van der Waals surface area contributed by atoms with Crippen LogP contribution in [0.5, 0.6) is 0 Å². The molecule has 30 rings (SSSR count). The molecule has 3 heterocycles. The number of hydrogen-bond acceptors (Lipinski definition) is 9. The second-order valence-electron chi connectivity index (χ2n) is 42.5. The van der Waals surface area contributed by atoms with Crippen LogP contribution in [0.3, 0.4) is 0 Å². The van der Waals surface area contributed by atoms with Crippen molar-refractivity contribution in [3.63, 3.8) is 0 Å². The molecule has 0 spiro atoms. The van der Waals surface area contributed by atoms with Gasteiger partial charge in [0.05, 0.1) is 0 Å². The summed E-state index contributed by atoms with van der Waals surface area (Å²) < 4.78 is 0.